The van der Waals surface area contributed by atoms with E-state index in [1.54, 1.807) is 24.1 Å². The van der Waals surface area contributed by atoms with E-state index >= 15 is 0 Å². The molecule has 0 bridgehead atoms. The first-order chi connectivity index (χ1) is 13.3. The normalized spacial score (nSPS) is 10.4. The lowest BCUT2D eigenvalue weighted by Gasteiger charge is -2.18. The van der Waals surface area contributed by atoms with E-state index in [9.17, 15) is 9.59 Å². The van der Waals surface area contributed by atoms with E-state index in [1.165, 1.54) is 0 Å². The second-order valence-corrected chi connectivity index (χ2v) is 7.07. The van der Waals surface area contributed by atoms with Crippen LogP contribution in [0.1, 0.15) is 22.3 Å². The molecule has 2 aromatic rings. The van der Waals surface area contributed by atoms with Gasteiger partial charge in [0.25, 0.3) is 0 Å². The van der Waals surface area contributed by atoms with Gasteiger partial charge >= 0.3 is 0 Å². The smallest absolute Gasteiger partial charge is 0.238 e. The van der Waals surface area contributed by atoms with E-state index in [-0.39, 0.29) is 24.9 Å². The lowest BCUT2D eigenvalue weighted by molar-refractivity contribution is -0.119. The Morgan fingerprint density at radius 3 is 2.04 bits per heavy atom. The first kappa shape index (κ1) is 21.1. The second kappa shape index (κ2) is 9.67. The van der Waals surface area contributed by atoms with Gasteiger partial charge in [-0.15, -0.1) is 0 Å². The van der Waals surface area contributed by atoms with Crippen molar-refractivity contribution in [3.8, 4) is 6.07 Å². The number of benzene rings is 2. The molecule has 0 heterocycles. The highest BCUT2D eigenvalue weighted by Crippen LogP contribution is 2.21. The van der Waals surface area contributed by atoms with Crippen molar-refractivity contribution in [1.29, 1.82) is 5.26 Å². The molecule has 6 heteroatoms. The van der Waals surface area contributed by atoms with Crippen LogP contribution in [0.2, 0.25) is 0 Å². The molecule has 0 saturated heterocycles. The van der Waals surface area contributed by atoms with Crippen LogP contribution in [0.25, 0.3) is 0 Å². The minimum Gasteiger partial charge on any atom is -0.325 e. The van der Waals surface area contributed by atoms with Crippen molar-refractivity contribution in [3.05, 3.63) is 58.7 Å². The highest BCUT2D eigenvalue weighted by atomic mass is 16.2. The van der Waals surface area contributed by atoms with Gasteiger partial charge in [0.15, 0.2) is 0 Å². The number of nitrogens with one attached hydrogen (secondary N) is 2. The Labute approximate surface area is 166 Å². The molecule has 28 heavy (non-hydrogen) atoms. The summed E-state index contributed by atoms with van der Waals surface area (Å²) in [5.41, 5.74) is 5.58. The molecule has 0 fully saturated rings. The molecule has 0 aliphatic rings. The third-order valence-electron chi connectivity index (χ3n) is 4.29. The number of hydrogen-bond donors (Lipinski definition) is 2. The maximum Gasteiger partial charge on any atom is 0.238 e. The number of aryl methyl sites for hydroxylation is 3. The van der Waals surface area contributed by atoms with Gasteiger partial charge in [0.1, 0.15) is 0 Å². The number of nitrogens with zero attached hydrogens (tertiary/aromatic N) is 2. The predicted molar refractivity (Wildman–Crippen MR) is 111 cm³/mol. The van der Waals surface area contributed by atoms with Gasteiger partial charge in [-0.25, -0.2) is 0 Å². The van der Waals surface area contributed by atoms with Gasteiger partial charge in [0.05, 0.1) is 25.6 Å². The fraction of sp³-hybridized carbons (Fsp3) is 0.318. The maximum atomic E-state index is 12.3. The van der Waals surface area contributed by atoms with Crippen LogP contribution in [-0.4, -0.2) is 36.9 Å². The number of anilines is 2. The lowest BCUT2D eigenvalue weighted by Crippen LogP contribution is -2.36. The van der Waals surface area contributed by atoms with Crippen molar-refractivity contribution in [2.75, 3.05) is 30.8 Å². The zero-order valence-electron chi connectivity index (χ0n) is 16.8. The van der Waals surface area contributed by atoms with E-state index in [2.05, 4.69) is 16.7 Å². The third kappa shape index (κ3) is 6.22. The monoisotopic (exact) mass is 378 g/mol. The van der Waals surface area contributed by atoms with Crippen molar-refractivity contribution in [1.82, 2.24) is 4.90 Å². The number of rotatable bonds is 7. The Hall–Kier alpha value is -3.17. The van der Waals surface area contributed by atoms with Gasteiger partial charge in [-0.3, -0.25) is 14.5 Å². The Bertz CT molecular complexity index is 875. The summed E-state index contributed by atoms with van der Waals surface area (Å²) in [6, 6.07) is 13.3. The lowest BCUT2D eigenvalue weighted by atomic mass is 10.1. The van der Waals surface area contributed by atoms with Crippen LogP contribution in [0.15, 0.2) is 36.4 Å². The number of carbonyl (C=O) groups excluding carboxylic acids is 2. The topological polar surface area (TPSA) is 85.2 Å². The van der Waals surface area contributed by atoms with Crippen LogP contribution in [0.3, 0.4) is 0 Å². The first-order valence-corrected chi connectivity index (χ1v) is 9.10. The van der Waals surface area contributed by atoms with Gasteiger partial charge < -0.3 is 10.6 Å². The number of nitriles is 1. The Morgan fingerprint density at radius 1 is 0.964 bits per heavy atom. The average Bonchev–Trinajstić information content (AvgIpc) is 2.59. The van der Waals surface area contributed by atoms with Crippen LogP contribution in [0, 0.1) is 32.1 Å². The zero-order chi connectivity index (χ0) is 20.7. The van der Waals surface area contributed by atoms with Crippen molar-refractivity contribution in [3.63, 3.8) is 0 Å². The fourth-order valence-corrected chi connectivity index (χ4v) is 3.10. The van der Waals surface area contributed by atoms with Crippen molar-refractivity contribution < 1.29 is 9.59 Å². The zero-order valence-corrected chi connectivity index (χ0v) is 16.8. The number of hydrogen-bond acceptors (Lipinski definition) is 4. The number of carbonyl (C=O) groups is 2. The summed E-state index contributed by atoms with van der Waals surface area (Å²) in [5.74, 6) is -0.364. The summed E-state index contributed by atoms with van der Waals surface area (Å²) in [5, 5.41) is 14.4. The van der Waals surface area contributed by atoms with E-state index in [0.717, 1.165) is 27.9 Å². The van der Waals surface area contributed by atoms with Gasteiger partial charge in [-0.05, 0) is 56.6 Å². The summed E-state index contributed by atoms with van der Waals surface area (Å²) in [4.78, 5) is 26.2. The fourth-order valence-electron chi connectivity index (χ4n) is 3.10. The SMILES string of the molecule is Cc1cc(C)c(NC(=O)CN(C)CC(=O)Nc2ccc(CC#N)cc2)c(C)c1. The first-order valence-electron chi connectivity index (χ1n) is 9.10. The maximum absolute atomic E-state index is 12.3. The number of likely N-dealkylation sites (N-methyl/N-ethyl adjacent to an activating group) is 1. The van der Waals surface area contributed by atoms with Crippen molar-refractivity contribution >= 4 is 23.2 Å². The third-order valence-corrected chi connectivity index (χ3v) is 4.29. The molecule has 146 valence electrons. The summed E-state index contributed by atoms with van der Waals surface area (Å²) in [6.07, 6.45) is 0.339. The molecular formula is C22H26N4O2. The van der Waals surface area contributed by atoms with Crippen molar-refractivity contribution in [2.45, 2.75) is 27.2 Å². The van der Waals surface area contributed by atoms with Crippen LogP contribution in [-0.2, 0) is 16.0 Å². The van der Waals surface area contributed by atoms with E-state index in [1.807, 2.05) is 45.0 Å². The molecule has 0 radical (unpaired) electrons. The average molecular weight is 378 g/mol. The highest BCUT2D eigenvalue weighted by Gasteiger charge is 2.13. The Balaban J connectivity index is 1.85. The highest BCUT2D eigenvalue weighted by molar-refractivity contribution is 5.95. The van der Waals surface area contributed by atoms with Crippen LogP contribution in [0.5, 0.6) is 0 Å². The van der Waals surface area contributed by atoms with Gasteiger partial charge in [-0.1, -0.05) is 29.8 Å². The minimum absolute atomic E-state index is 0.0965. The molecule has 0 saturated carbocycles. The molecule has 6 nitrogen and oxygen atoms in total. The molecule has 2 rings (SSSR count). The summed E-state index contributed by atoms with van der Waals surface area (Å²) < 4.78 is 0. The number of amides is 2. The predicted octanol–water partition coefficient (Wildman–Crippen LogP) is 3.19. The van der Waals surface area contributed by atoms with Gasteiger partial charge in [0, 0.05) is 11.4 Å². The molecule has 2 amide bonds. The van der Waals surface area contributed by atoms with Crippen LogP contribution < -0.4 is 10.6 Å². The van der Waals surface area contributed by atoms with E-state index in [0.29, 0.717) is 12.1 Å². The largest absolute Gasteiger partial charge is 0.325 e. The molecule has 0 atom stereocenters. The molecular weight excluding hydrogens is 352 g/mol. The van der Waals surface area contributed by atoms with Crippen LogP contribution in [0.4, 0.5) is 11.4 Å². The Morgan fingerprint density at radius 2 is 1.50 bits per heavy atom. The molecule has 0 aliphatic carbocycles. The van der Waals surface area contributed by atoms with Gasteiger partial charge in [0.2, 0.25) is 11.8 Å². The summed E-state index contributed by atoms with van der Waals surface area (Å²) >= 11 is 0. The van der Waals surface area contributed by atoms with E-state index < -0.39 is 0 Å². The summed E-state index contributed by atoms with van der Waals surface area (Å²) in [7, 11) is 1.73. The molecule has 0 unspecified atom stereocenters. The van der Waals surface area contributed by atoms with Crippen LogP contribution >= 0.6 is 0 Å². The quantitative estimate of drug-likeness (QED) is 0.775. The standard InChI is InChI=1S/C22H26N4O2/c1-15-11-16(2)22(17(3)12-15)25-21(28)14-26(4)13-20(27)24-19-7-5-18(6-8-19)9-10-23/h5-8,11-12H,9,13-14H2,1-4H3,(H,24,27)(H,25,28). The molecule has 2 aromatic carbocycles. The minimum atomic E-state index is -0.203. The Kier molecular flexibility index (Phi) is 7.30. The summed E-state index contributed by atoms with van der Waals surface area (Å²) in [6.45, 7) is 6.17. The van der Waals surface area contributed by atoms with E-state index in [4.69, 9.17) is 5.26 Å². The molecule has 0 aromatic heterocycles. The molecule has 0 spiro atoms. The van der Waals surface area contributed by atoms with Crippen molar-refractivity contribution in [2.24, 2.45) is 0 Å². The molecule has 2 N–H and O–H groups in total. The second-order valence-electron chi connectivity index (χ2n) is 7.07. The van der Waals surface area contributed by atoms with Gasteiger partial charge in [-0.2, -0.15) is 5.26 Å². The molecule has 0 aliphatic heterocycles.